The standard InChI is InChI=1S/C19H15FN2O2/c20-16-5-1-2-6-18(16)24-12-4-3-10-22-19(23)15-7-8-17-14(13-15)9-11-21-17/h1-2,5-9,11,13,21H,10,12H2,(H,22,23). The number of amides is 1. The van der Waals surface area contributed by atoms with Gasteiger partial charge in [-0.15, -0.1) is 0 Å². The van der Waals surface area contributed by atoms with E-state index in [4.69, 9.17) is 4.74 Å². The number of para-hydroxylation sites is 1. The number of carbonyl (C=O) groups is 1. The zero-order chi connectivity index (χ0) is 16.8. The van der Waals surface area contributed by atoms with Crippen molar-refractivity contribution in [3.63, 3.8) is 0 Å². The van der Waals surface area contributed by atoms with Gasteiger partial charge in [-0.3, -0.25) is 4.79 Å². The summed E-state index contributed by atoms with van der Waals surface area (Å²) < 4.78 is 18.5. The van der Waals surface area contributed by atoms with Crippen molar-refractivity contribution in [3.05, 3.63) is 66.1 Å². The van der Waals surface area contributed by atoms with Crippen molar-refractivity contribution in [1.82, 2.24) is 10.3 Å². The summed E-state index contributed by atoms with van der Waals surface area (Å²) >= 11 is 0. The number of H-pyrrole nitrogens is 1. The average molecular weight is 322 g/mol. The number of aromatic amines is 1. The third-order valence-corrected chi connectivity index (χ3v) is 3.41. The number of hydrogen-bond acceptors (Lipinski definition) is 2. The van der Waals surface area contributed by atoms with Crippen LogP contribution in [0.25, 0.3) is 10.9 Å². The van der Waals surface area contributed by atoms with E-state index < -0.39 is 5.82 Å². The van der Waals surface area contributed by atoms with Crippen LogP contribution in [0.2, 0.25) is 0 Å². The van der Waals surface area contributed by atoms with E-state index in [0.717, 1.165) is 10.9 Å². The molecule has 0 aliphatic rings. The van der Waals surface area contributed by atoms with E-state index in [0.29, 0.717) is 5.56 Å². The maximum atomic E-state index is 13.3. The number of ether oxygens (including phenoxy) is 1. The minimum Gasteiger partial charge on any atom is -0.478 e. The molecule has 0 saturated heterocycles. The van der Waals surface area contributed by atoms with Gasteiger partial charge in [-0.1, -0.05) is 24.0 Å². The van der Waals surface area contributed by atoms with E-state index in [1.165, 1.54) is 12.1 Å². The Morgan fingerprint density at radius 1 is 1.17 bits per heavy atom. The molecule has 2 N–H and O–H groups in total. The van der Waals surface area contributed by atoms with Gasteiger partial charge in [-0.05, 0) is 36.4 Å². The molecule has 0 aliphatic heterocycles. The molecule has 0 aliphatic carbocycles. The molecule has 3 rings (SSSR count). The number of halogens is 1. The number of hydrogen-bond donors (Lipinski definition) is 2. The van der Waals surface area contributed by atoms with Crippen LogP contribution in [0.15, 0.2) is 54.7 Å². The smallest absolute Gasteiger partial charge is 0.252 e. The zero-order valence-corrected chi connectivity index (χ0v) is 12.8. The van der Waals surface area contributed by atoms with Crippen molar-refractivity contribution >= 4 is 16.8 Å². The highest BCUT2D eigenvalue weighted by atomic mass is 19.1. The van der Waals surface area contributed by atoms with Crippen molar-refractivity contribution in [2.24, 2.45) is 0 Å². The van der Waals surface area contributed by atoms with Crippen molar-refractivity contribution in [2.45, 2.75) is 0 Å². The highest BCUT2D eigenvalue weighted by molar-refractivity contribution is 5.98. The van der Waals surface area contributed by atoms with Gasteiger partial charge in [0.05, 0.1) is 6.54 Å². The lowest BCUT2D eigenvalue weighted by Gasteiger charge is -2.02. The molecule has 0 radical (unpaired) electrons. The highest BCUT2D eigenvalue weighted by Gasteiger charge is 2.05. The molecule has 120 valence electrons. The summed E-state index contributed by atoms with van der Waals surface area (Å²) in [5.74, 6) is 5.05. The lowest BCUT2D eigenvalue weighted by atomic mass is 10.1. The fourth-order valence-corrected chi connectivity index (χ4v) is 2.21. The molecule has 1 amide bonds. The SMILES string of the molecule is O=C(NCC#CCOc1ccccc1F)c1ccc2[nH]ccc2c1. The Morgan fingerprint density at radius 2 is 2.04 bits per heavy atom. The lowest BCUT2D eigenvalue weighted by molar-refractivity contribution is 0.0959. The second kappa shape index (κ2) is 7.34. The van der Waals surface area contributed by atoms with Crippen LogP contribution in [0.4, 0.5) is 4.39 Å². The molecule has 0 fully saturated rings. The van der Waals surface area contributed by atoms with Crippen molar-refractivity contribution in [1.29, 1.82) is 0 Å². The van der Waals surface area contributed by atoms with E-state index in [2.05, 4.69) is 22.1 Å². The summed E-state index contributed by atoms with van der Waals surface area (Å²) in [4.78, 5) is 15.1. The molecule has 24 heavy (non-hydrogen) atoms. The quantitative estimate of drug-likeness (QED) is 0.725. The second-order valence-corrected chi connectivity index (χ2v) is 5.04. The minimum atomic E-state index is -0.423. The number of fused-ring (bicyclic) bond motifs is 1. The Kier molecular flexibility index (Phi) is 4.78. The Hall–Kier alpha value is -3.26. The largest absolute Gasteiger partial charge is 0.478 e. The van der Waals surface area contributed by atoms with E-state index >= 15 is 0 Å². The Labute approximate surface area is 138 Å². The maximum Gasteiger partial charge on any atom is 0.252 e. The zero-order valence-electron chi connectivity index (χ0n) is 12.8. The fraction of sp³-hybridized carbons (Fsp3) is 0.105. The van der Waals surface area contributed by atoms with E-state index in [1.54, 1.807) is 18.2 Å². The van der Waals surface area contributed by atoms with Gasteiger partial charge in [-0.25, -0.2) is 4.39 Å². The molecule has 0 spiro atoms. The molecule has 0 bridgehead atoms. The Morgan fingerprint density at radius 3 is 2.92 bits per heavy atom. The first-order chi connectivity index (χ1) is 11.7. The van der Waals surface area contributed by atoms with Crippen LogP contribution in [0.5, 0.6) is 5.75 Å². The Balaban J connectivity index is 1.48. The Bertz CT molecular complexity index is 922. The third kappa shape index (κ3) is 3.73. The molecule has 3 aromatic rings. The summed E-state index contributed by atoms with van der Waals surface area (Å²) in [7, 11) is 0. The molecule has 2 aromatic carbocycles. The minimum absolute atomic E-state index is 0.0616. The average Bonchev–Trinajstić information content (AvgIpc) is 3.07. The van der Waals surface area contributed by atoms with Crippen LogP contribution in [0.3, 0.4) is 0 Å². The molecule has 5 heteroatoms. The monoisotopic (exact) mass is 322 g/mol. The van der Waals surface area contributed by atoms with Crippen LogP contribution in [0, 0.1) is 17.7 Å². The van der Waals surface area contributed by atoms with Gasteiger partial charge >= 0.3 is 0 Å². The molecule has 4 nitrogen and oxygen atoms in total. The van der Waals surface area contributed by atoms with Crippen LogP contribution < -0.4 is 10.1 Å². The van der Waals surface area contributed by atoms with Gasteiger partial charge in [0.25, 0.3) is 5.91 Å². The van der Waals surface area contributed by atoms with Crippen molar-refractivity contribution in [2.75, 3.05) is 13.2 Å². The van der Waals surface area contributed by atoms with Crippen LogP contribution >= 0.6 is 0 Å². The molecule has 0 saturated carbocycles. The normalized spacial score (nSPS) is 10.0. The number of rotatable bonds is 4. The van der Waals surface area contributed by atoms with Crippen LogP contribution in [0.1, 0.15) is 10.4 Å². The summed E-state index contributed by atoms with van der Waals surface area (Å²) in [6, 6.07) is 13.5. The number of nitrogens with one attached hydrogen (secondary N) is 2. The first-order valence-electron chi connectivity index (χ1n) is 7.42. The molecular weight excluding hydrogens is 307 g/mol. The predicted molar refractivity (Wildman–Crippen MR) is 90.3 cm³/mol. The molecule has 1 heterocycles. The van der Waals surface area contributed by atoms with Gasteiger partial charge in [0.2, 0.25) is 0 Å². The first kappa shape index (κ1) is 15.6. The summed E-state index contributed by atoms with van der Waals surface area (Å²) in [5, 5.41) is 3.69. The van der Waals surface area contributed by atoms with Gasteiger partial charge in [-0.2, -0.15) is 0 Å². The second-order valence-electron chi connectivity index (χ2n) is 5.04. The van der Waals surface area contributed by atoms with Crippen molar-refractivity contribution in [3.8, 4) is 17.6 Å². The highest BCUT2D eigenvalue weighted by Crippen LogP contribution is 2.15. The van der Waals surface area contributed by atoms with Crippen LogP contribution in [-0.2, 0) is 0 Å². The third-order valence-electron chi connectivity index (χ3n) is 3.41. The number of aromatic nitrogens is 1. The predicted octanol–water partition coefficient (Wildman–Crippen LogP) is 3.12. The molecule has 0 unspecified atom stereocenters. The van der Waals surface area contributed by atoms with E-state index in [-0.39, 0.29) is 24.8 Å². The van der Waals surface area contributed by atoms with Crippen LogP contribution in [-0.4, -0.2) is 24.0 Å². The topological polar surface area (TPSA) is 54.1 Å². The van der Waals surface area contributed by atoms with E-state index in [1.807, 2.05) is 24.4 Å². The van der Waals surface area contributed by atoms with Crippen molar-refractivity contribution < 1.29 is 13.9 Å². The molecule has 1 aromatic heterocycles. The van der Waals surface area contributed by atoms with Gasteiger partial charge in [0.1, 0.15) is 6.61 Å². The summed E-state index contributed by atoms with van der Waals surface area (Å²) in [5.41, 5.74) is 1.56. The maximum absolute atomic E-state index is 13.3. The lowest BCUT2D eigenvalue weighted by Crippen LogP contribution is -2.23. The fourth-order valence-electron chi connectivity index (χ4n) is 2.21. The van der Waals surface area contributed by atoms with E-state index in [9.17, 15) is 9.18 Å². The molecule has 0 atom stereocenters. The summed E-state index contributed by atoms with van der Waals surface area (Å²) in [6.07, 6.45) is 1.83. The molecular formula is C19H15FN2O2. The van der Waals surface area contributed by atoms with Gasteiger partial charge in [0.15, 0.2) is 11.6 Å². The first-order valence-corrected chi connectivity index (χ1v) is 7.42. The van der Waals surface area contributed by atoms with Gasteiger partial charge < -0.3 is 15.0 Å². The number of benzene rings is 2. The number of carbonyl (C=O) groups excluding carboxylic acids is 1. The summed E-state index contributed by atoms with van der Waals surface area (Å²) in [6.45, 7) is 0.261. The van der Waals surface area contributed by atoms with Gasteiger partial charge in [0, 0.05) is 22.7 Å².